The van der Waals surface area contributed by atoms with Gasteiger partial charge < -0.3 is 15.6 Å². The number of fused-ring (bicyclic) bond motifs is 1. The molecule has 0 fully saturated rings. The molecule has 0 aliphatic carbocycles. The molecule has 1 heterocycles. The predicted octanol–water partition coefficient (Wildman–Crippen LogP) is 4.34. The Balaban J connectivity index is 1.69. The zero-order valence-electron chi connectivity index (χ0n) is 15.3. The molecule has 0 atom stereocenters. The molecule has 25 heavy (non-hydrogen) atoms. The number of hydrogen-bond donors (Lipinski definition) is 3. The second kappa shape index (κ2) is 7.11. The second-order valence-electron chi connectivity index (χ2n) is 6.70. The molecule has 3 N–H and O–H groups in total. The number of carbonyl (C=O) groups excluding carboxylic acids is 1. The summed E-state index contributed by atoms with van der Waals surface area (Å²) in [5, 5.41) is 7.62. The maximum Gasteiger partial charge on any atom is 0.221 e. The third-order valence-electron chi connectivity index (χ3n) is 4.56. The van der Waals surface area contributed by atoms with E-state index in [1.54, 1.807) is 0 Å². The molecule has 0 spiro atoms. The van der Waals surface area contributed by atoms with E-state index < -0.39 is 0 Å². The molecular weight excluding hydrogens is 310 g/mol. The lowest BCUT2D eigenvalue weighted by Gasteiger charge is -2.09. The lowest BCUT2D eigenvalue weighted by Crippen LogP contribution is -2.13. The van der Waals surface area contributed by atoms with Crippen LogP contribution in [0.5, 0.6) is 0 Å². The summed E-state index contributed by atoms with van der Waals surface area (Å²) in [7, 11) is 0. The third kappa shape index (κ3) is 3.91. The van der Waals surface area contributed by atoms with E-state index in [2.05, 4.69) is 48.5 Å². The molecule has 130 valence electrons. The number of nitrogens with one attached hydrogen (secondary N) is 3. The topological polar surface area (TPSA) is 56.9 Å². The van der Waals surface area contributed by atoms with Gasteiger partial charge in [-0.1, -0.05) is 23.8 Å². The molecule has 0 saturated heterocycles. The molecule has 0 saturated carbocycles. The quantitative estimate of drug-likeness (QED) is 0.649. The first-order chi connectivity index (χ1) is 11.9. The van der Waals surface area contributed by atoms with Crippen LogP contribution in [-0.2, 0) is 17.9 Å². The van der Waals surface area contributed by atoms with Crippen molar-refractivity contribution in [3.63, 3.8) is 0 Å². The van der Waals surface area contributed by atoms with E-state index in [4.69, 9.17) is 0 Å². The number of hydrogen-bond acceptors (Lipinski definition) is 2. The average molecular weight is 335 g/mol. The summed E-state index contributed by atoms with van der Waals surface area (Å²) in [6.45, 7) is 9.55. The maximum atomic E-state index is 11.1. The van der Waals surface area contributed by atoms with Gasteiger partial charge in [0, 0.05) is 36.8 Å². The molecule has 0 aliphatic heterocycles. The SMILES string of the molecule is CC(=O)Nc1ccc(CNCc2cc(C)cc3c(C)c(C)[nH]c23)cc1. The maximum absolute atomic E-state index is 11.1. The first-order valence-corrected chi connectivity index (χ1v) is 8.59. The van der Waals surface area contributed by atoms with E-state index in [0.717, 1.165) is 18.8 Å². The summed E-state index contributed by atoms with van der Waals surface area (Å²) >= 11 is 0. The van der Waals surface area contributed by atoms with E-state index in [-0.39, 0.29) is 5.91 Å². The Kier molecular flexibility index (Phi) is 4.91. The van der Waals surface area contributed by atoms with Crippen LogP contribution >= 0.6 is 0 Å². The van der Waals surface area contributed by atoms with Crippen LogP contribution in [0.1, 0.15) is 34.9 Å². The van der Waals surface area contributed by atoms with Crippen LogP contribution in [0.3, 0.4) is 0 Å². The van der Waals surface area contributed by atoms with Crippen LogP contribution in [0, 0.1) is 20.8 Å². The summed E-state index contributed by atoms with van der Waals surface area (Å²) in [4.78, 5) is 14.6. The highest BCUT2D eigenvalue weighted by molar-refractivity contribution is 5.88. The molecule has 1 amide bonds. The van der Waals surface area contributed by atoms with Gasteiger partial charge in [-0.3, -0.25) is 4.79 Å². The summed E-state index contributed by atoms with van der Waals surface area (Å²) < 4.78 is 0. The second-order valence-corrected chi connectivity index (χ2v) is 6.70. The highest BCUT2D eigenvalue weighted by atomic mass is 16.1. The van der Waals surface area contributed by atoms with E-state index in [1.807, 2.05) is 24.3 Å². The van der Waals surface area contributed by atoms with Crippen molar-refractivity contribution in [1.82, 2.24) is 10.3 Å². The van der Waals surface area contributed by atoms with Gasteiger partial charge in [0.1, 0.15) is 0 Å². The van der Waals surface area contributed by atoms with Gasteiger partial charge in [-0.05, 0) is 55.7 Å². The van der Waals surface area contributed by atoms with E-state index in [0.29, 0.717) is 0 Å². The fraction of sp³-hybridized carbons (Fsp3) is 0.286. The van der Waals surface area contributed by atoms with Gasteiger partial charge in [0.2, 0.25) is 5.91 Å². The first kappa shape index (κ1) is 17.2. The smallest absolute Gasteiger partial charge is 0.221 e. The Morgan fingerprint density at radius 2 is 1.76 bits per heavy atom. The van der Waals surface area contributed by atoms with Crippen molar-refractivity contribution in [2.45, 2.75) is 40.8 Å². The van der Waals surface area contributed by atoms with Gasteiger partial charge in [-0.25, -0.2) is 0 Å². The number of amides is 1. The van der Waals surface area contributed by atoms with E-state index in [1.165, 1.54) is 45.8 Å². The lowest BCUT2D eigenvalue weighted by molar-refractivity contribution is -0.114. The van der Waals surface area contributed by atoms with Crippen LogP contribution in [0.2, 0.25) is 0 Å². The summed E-state index contributed by atoms with van der Waals surface area (Å²) in [6.07, 6.45) is 0. The Labute approximate surface area is 148 Å². The molecule has 4 nitrogen and oxygen atoms in total. The molecule has 4 heteroatoms. The largest absolute Gasteiger partial charge is 0.358 e. The van der Waals surface area contributed by atoms with Crippen molar-refractivity contribution < 1.29 is 4.79 Å². The standard InChI is InChI=1S/C21H25N3O/c1-13-9-18(21-20(10-13)14(2)15(3)23-21)12-22-11-17-5-7-19(8-6-17)24-16(4)25/h5-10,22-23H,11-12H2,1-4H3,(H,24,25). The van der Waals surface area contributed by atoms with Crippen molar-refractivity contribution in [2.24, 2.45) is 0 Å². The molecular formula is C21H25N3O. The molecule has 1 aromatic heterocycles. The van der Waals surface area contributed by atoms with E-state index >= 15 is 0 Å². The minimum atomic E-state index is -0.0501. The van der Waals surface area contributed by atoms with Crippen molar-refractivity contribution in [2.75, 3.05) is 5.32 Å². The van der Waals surface area contributed by atoms with Crippen LogP contribution < -0.4 is 10.6 Å². The monoisotopic (exact) mass is 335 g/mol. The Bertz CT molecular complexity index is 907. The first-order valence-electron chi connectivity index (χ1n) is 8.59. The number of aromatic nitrogens is 1. The zero-order valence-corrected chi connectivity index (χ0v) is 15.3. The Hall–Kier alpha value is -2.59. The van der Waals surface area contributed by atoms with Gasteiger partial charge >= 0.3 is 0 Å². The fourth-order valence-corrected chi connectivity index (χ4v) is 3.18. The highest BCUT2D eigenvalue weighted by Gasteiger charge is 2.09. The van der Waals surface area contributed by atoms with Crippen molar-refractivity contribution in [3.8, 4) is 0 Å². The van der Waals surface area contributed by atoms with Gasteiger partial charge in [-0.15, -0.1) is 0 Å². The molecule has 3 aromatic rings. The van der Waals surface area contributed by atoms with Gasteiger partial charge in [0.15, 0.2) is 0 Å². The van der Waals surface area contributed by atoms with Crippen LogP contribution in [-0.4, -0.2) is 10.9 Å². The molecule has 0 bridgehead atoms. The number of aryl methyl sites for hydroxylation is 3. The minimum absolute atomic E-state index is 0.0501. The number of carbonyl (C=O) groups is 1. The normalized spacial score (nSPS) is 11.0. The Morgan fingerprint density at radius 1 is 1.04 bits per heavy atom. The molecule has 0 unspecified atom stereocenters. The number of rotatable bonds is 5. The summed E-state index contributed by atoms with van der Waals surface area (Å²) in [5.74, 6) is -0.0501. The zero-order chi connectivity index (χ0) is 18.0. The number of aromatic amines is 1. The van der Waals surface area contributed by atoms with Gasteiger partial charge in [-0.2, -0.15) is 0 Å². The predicted molar refractivity (Wildman–Crippen MR) is 104 cm³/mol. The third-order valence-corrected chi connectivity index (χ3v) is 4.56. The van der Waals surface area contributed by atoms with E-state index in [9.17, 15) is 4.79 Å². The number of H-pyrrole nitrogens is 1. The number of benzene rings is 2. The molecule has 2 aromatic carbocycles. The molecule has 0 aliphatic rings. The summed E-state index contributed by atoms with van der Waals surface area (Å²) in [6, 6.07) is 12.4. The molecule has 3 rings (SSSR count). The summed E-state index contributed by atoms with van der Waals surface area (Å²) in [5.41, 5.74) is 8.39. The minimum Gasteiger partial charge on any atom is -0.358 e. The average Bonchev–Trinajstić information content (AvgIpc) is 2.84. The van der Waals surface area contributed by atoms with Crippen molar-refractivity contribution in [1.29, 1.82) is 0 Å². The van der Waals surface area contributed by atoms with Gasteiger partial charge in [0.05, 0.1) is 5.52 Å². The van der Waals surface area contributed by atoms with Crippen molar-refractivity contribution >= 4 is 22.5 Å². The Morgan fingerprint density at radius 3 is 2.44 bits per heavy atom. The van der Waals surface area contributed by atoms with Crippen LogP contribution in [0.15, 0.2) is 36.4 Å². The lowest BCUT2D eigenvalue weighted by atomic mass is 10.0. The number of anilines is 1. The van der Waals surface area contributed by atoms with Gasteiger partial charge in [0.25, 0.3) is 0 Å². The molecule has 0 radical (unpaired) electrons. The van der Waals surface area contributed by atoms with Crippen LogP contribution in [0.4, 0.5) is 5.69 Å². The fourth-order valence-electron chi connectivity index (χ4n) is 3.18. The van der Waals surface area contributed by atoms with Crippen LogP contribution in [0.25, 0.3) is 10.9 Å². The highest BCUT2D eigenvalue weighted by Crippen LogP contribution is 2.26. The van der Waals surface area contributed by atoms with Crippen molar-refractivity contribution in [3.05, 3.63) is 64.3 Å².